The summed E-state index contributed by atoms with van der Waals surface area (Å²) in [6, 6.07) is 2.72. The zero-order valence-electron chi connectivity index (χ0n) is 10.8. The monoisotopic (exact) mass is 250 g/mol. The number of aryl methyl sites for hydroxylation is 1. The average molecular weight is 250 g/mol. The standard InChI is InChI=1S/C14H22N2S/c1-11-7-13(10-16-9-11)14(15-2)8-12-3-5-17-6-4-12/h7,9-10,12,14-15H,3-6,8H2,1-2H3. The van der Waals surface area contributed by atoms with E-state index in [1.165, 1.54) is 41.9 Å². The van der Waals surface area contributed by atoms with Gasteiger partial charge in [-0.3, -0.25) is 4.98 Å². The van der Waals surface area contributed by atoms with Crippen LogP contribution in [-0.4, -0.2) is 23.5 Å². The second-order valence-electron chi connectivity index (χ2n) is 4.93. The van der Waals surface area contributed by atoms with Gasteiger partial charge in [-0.05, 0) is 61.8 Å². The van der Waals surface area contributed by atoms with Gasteiger partial charge in [-0.15, -0.1) is 0 Å². The van der Waals surface area contributed by atoms with Crippen LogP contribution in [-0.2, 0) is 0 Å². The molecular weight excluding hydrogens is 228 g/mol. The minimum absolute atomic E-state index is 0.468. The summed E-state index contributed by atoms with van der Waals surface area (Å²) >= 11 is 2.10. The first kappa shape index (κ1) is 12.9. The normalized spacial score (nSPS) is 19.2. The molecule has 1 aromatic heterocycles. The van der Waals surface area contributed by atoms with Crippen LogP contribution in [0.1, 0.15) is 36.4 Å². The lowest BCUT2D eigenvalue weighted by atomic mass is 9.91. The number of thioether (sulfide) groups is 1. The van der Waals surface area contributed by atoms with E-state index in [1.807, 2.05) is 12.4 Å². The number of rotatable bonds is 4. The Morgan fingerprint density at radius 3 is 2.82 bits per heavy atom. The van der Waals surface area contributed by atoms with Crippen LogP contribution in [0.25, 0.3) is 0 Å². The van der Waals surface area contributed by atoms with Crippen LogP contribution in [0.5, 0.6) is 0 Å². The van der Waals surface area contributed by atoms with Crippen molar-refractivity contribution < 1.29 is 0 Å². The van der Waals surface area contributed by atoms with Crippen molar-refractivity contribution in [3.8, 4) is 0 Å². The highest BCUT2D eigenvalue weighted by Crippen LogP contribution is 2.30. The molecule has 0 bridgehead atoms. The third-order valence-electron chi connectivity index (χ3n) is 3.56. The predicted molar refractivity (Wildman–Crippen MR) is 75.4 cm³/mol. The highest BCUT2D eigenvalue weighted by molar-refractivity contribution is 7.99. The first-order valence-corrected chi connectivity index (χ1v) is 7.61. The van der Waals surface area contributed by atoms with E-state index in [0.29, 0.717) is 6.04 Å². The van der Waals surface area contributed by atoms with Gasteiger partial charge < -0.3 is 5.32 Å². The van der Waals surface area contributed by atoms with E-state index in [4.69, 9.17) is 0 Å². The molecule has 0 aromatic carbocycles. The highest BCUT2D eigenvalue weighted by atomic mass is 32.2. The Kier molecular flexibility index (Phi) is 4.86. The first-order valence-electron chi connectivity index (χ1n) is 6.46. The molecule has 0 aliphatic carbocycles. The third-order valence-corrected chi connectivity index (χ3v) is 4.61. The number of hydrogen-bond donors (Lipinski definition) is 1. The van der Waals surface area contributed by atoms with Gasteiger partial charge in [-0.2, -0.15) is 11.8 Å². The molecule has 0 amide bonds. The van der Waals surface area contributed by atoms with Crippen LogP contribution in [0.2, 0.25) is 0 Å². The maximum Gasteiger partial charge on any atom is 0.0335 e. The molecule has 1 fully saturated rings. The molecule has 2 heterocycles. The van der Waals surface area contributed by atoms with E-state index in [0.717, 1.165) is 5.92 Å². The molecule has 1 aliphatic rings. The molecule has 94 valence electrons. The molecule has 17 heavy (non-hydrogen) atoms. The van der Waals surface area contributed by atoms with Crippen LogP contribution in [0, 0.1) is 12.8 Å². The van der Waals surface area contributed by atoms with Crippen LogP contribution in [0.15, 0.2) is 18.5 Å². The van der Waals surface area contributed by atoms with E-state index in [-0.39, 0.29) is 0 Å². The Labute approximate surface area is 109 Å². The molecule has 1 saturated heterocycles. The zero-order chi connectivity index (χ0) is 12.1. The Morgan fingerprint density at radius 1 is 1.41 bits per heavy atom. The average Bonchev–Trinajstić information content (AvgIpc) is 2.37. The van der Waals surface area contributed by atoms with Gasteiger partial charge in [0, 0.05) is 18.4 Å². The Bertz CT molecular complexity index is 348. The van der Waals surface area contributed by atoms with Crippen LogP contribution in [0.3, 0.4) is 0 Å². The number of hydrogen-bond acceptors (Lipinski definition) is 3. The SMILES string of the molecule is CNC(CC1CCSCC1)c1cncc(C)c1. The third kappa shape index (κ3) is 3.71. The van der Waals surface area contributed by atoms with Crippen LogP contribution in [0.4, 0.5) is 0 Å². The van der Waals surface area contributed by atoms with Crippen molar-refractivity contribution in [3.63, 3.8) is 0 Å². The molecule has 0 spiro atoms. The molecule has 1 N–H and O–H groups in total. The number of nitrogens with zero attached hydrogens (tertiary/aromatic N) is 1. The topological polar surface area (TPSA) is 24.9 Å². The number of pyridine rings is 1. The molecule has 3 heteroatoms. The van der Waals surface area contributed by atoms with Gasteiger partial charge in [0.2, 0.25) is 0 Å². The Hall–Kier alpha value is -0.540. The zero-order valence-corrected chi connectivity index (χ0v) is 11.6. The van der Waals surface area contributed by atoms with Crippen molar-refractivity contribution in [2.45, 2.75) is 32.2 Å². The lowest BCUT2D eigenvalue weighted by Gasteiger charge is -2.26. The van der Waals surface area contributed by atoms with E-state index in [2.05, 4.69) is 42.1 Å². The minimum atomic E-state index is 0.468. The molecule has 2 nitrogen and oxygen atoms in total. The van der Waals surface area contributed by atoms with Gasteiger partial charge in [0.1, 0.15) is 0 Å². The van der Waals surface area contributed by atoms with Crippen molar-refractivity contribution in [1.29, 1.82) is 0 Å². The van der Waals surface area contributed by atoms with Gasteiger partial charge in [-0.1, -0.05) is 6.07 Å². The summed E-state index contributed by atoms with van der Waals surface area (Å²) < 4.78 is 0. The summed E-state index contributed by atoms with van der Waals surface area (Å²) in [5, 5.41) is 3.45. The van der Waals surface area contributed by atoms with Crippen molar-refractivity contribution >= 4 is 11.8 Å². The summed E-state index contributed by atoms with van der Waals surface area (Å²) in [7, 11) is 2.06. The number of aromatic nitrogens is 1. The molecule has 1 aromatic rings. The maximum atomic E-state index is 4.30. The fourth-order valence-electron chi connectivity index (χ4n) is 2.50. The second-order valence-corrected chi connectivity index (χ2v) is 6.15. The fourth-order valence-corrected chi connectivity index (χ4v) is 3.71. The summed E-state index contributed by atoms with van der Waals surface area (Å²) in [5.74, 6) is 3.56. The van der Waals surface area contributed by atoms with Crippen molar-refractivity contribution in [2.24, 2.45) is 5.92 Å². The maximum absolute atomic E-state index is 4.30. The summed E-state index contributed by atoms with van der Waals surface area (Å²) in [5.41, 5.74) is 2.59. The highest BCUT2D eigenvalue weighted by Gasteiger charge is 2.19. The minimum Gasteiger partial charge on any atom is -0.313 e. The van der Waals surface area contributed by atoms with Gasteiger partial charge in [0.05, 0.1) is 0 Å². The molecule has 1 aliphatic heterocycles. The van der Waals surface area contributed by atoms with Crippen LogP contribution >= 0.6 is 11.8 Å². The van der Waals surface area contributed by atoms with E-state index >= 15 is 0 Å². The van der Waals surface area contributed by atoms with Crippen molar-refractivity contribution in [1.82, 2.24) is 10.3 Å². The van der Waals surface area contributed by atoms with Gasteiger partial charge in [0.15, 0.2) is 0 Å². The Balaban J connectivity index is 2.00. The van der Waals surface area contributed by atoms with Gasteiger partial charge >= 0.3 is 0 Å². The van der Waals surface area contributed by atoms with Crippen molar-refractivity contribution in [2.75, 3.05) is 18.6 Å². The van der Waals surface area contributed by atoms with Crippen LogP contribution < -0.4 is 5.32 Å². The predicted octanol–water partition coefficient (Wildman–Crippen LogP) is 3.18. The van der Waals surface area contributed by atoms with E-state index < -0.39 is 0 Å². The lowest BCUT2D eigenvalue weighted by Crippen LogP contribution is -2.22. The van der Waals surface area contributed by atoms with E-state index in [1.54, 1.807) is 0 Å². The Morgan fingerprint density at radius 2 is 2.18 bits per heavy atom. The quantitative estimate of drug-likeness (QED) is 0.888. The smallest absolute Gasteiger partial charge is 0.0335 e. The second kappa shape index (κ2) is 6.41. The molecule has 0 radical (unpaired) electrons. The molecule has 0 saturated carbocycles. The van der Waals surface area contributed by atoms with E-state index in [9.17, 15) is 0 Å². The summed E-state index contributed by atoms with van der Waals surface area (Å²) in [4.78, 5) is 4.30. The molecule has 2 rings (SSSR count). The molecule has 1 atom stereocenters. The molecular formula is C14H22N2S. The fraction of sp³-hybridized carbons (Fsp3) is 0.643. The van der Waals surface area contributed by atoms with Crippen molar-refractivity contribution in [3.05, 3.63) is 29.6 Å². The van der Waals surface area contributed by atoms with Gasteiger partial charge in [-0.25, -0.2) is 0 Å². The number of nitrogens with one attached hydrogen (secondary N) is 1. The lowest BCUT2D eigenvalue weighted by molar-refractivity contribution is 0.383. The first-order chi connectivity index (χ1) is 8.29. The summed E-state index contributed by atoms with van der Waals surface area (Å²) in [6.07, 6.45) is 7.94. The summed E-state index contributed by atoms with van der Waals surface area (Å²) in [6.45, 7) is 2.11. The molecule has 1 unspecified atom stereocenters. The largest absolute Gasteiger partial charge is 0.313 e. The van der Waals surface area contributed by atoms with Gasteiger partial charge in [0.25, 0.3) is 0 Å².